The molecule has 0 heterocycles. The van der Waals surface area contributed by atoms with Gasteiger partial charge < -0.3 is 10.6 Å². The molecule has 2 nitrogen and oxygen atoms in total. The molecule has 0 aromatic heterocycles. The number of benzene rings is 1. The van der Waals surface area contributed by atoms with Crippen LogP contribution in [0.5, 0.6) is 0 Å². The van der Waals surface area contributed by atoms with Crippen molar-refractivity contribution in [1.82, 2.24) is 0 Å². The van der Waals surface area contributed by atoms with Crippen LogP contribution in [-0.2, 0) is 6.42 Å². The van der Waals surface area contributed by atoms with Crippen LogP contribution in [0.25, 0.3) is 0 Å². The van der Waals surface area contributed by atoms with Gasteiger partial charge in [-0.1, -0.05) is 37.4 Å². The minimum Gasteiger partial charge on any atom is -0.371 e. The maximum atomic E-state index is 6.41. The van der Waals surface area contributed by atoms with Gasteiger partial charge in [-0.05, 0) is 49.8 Å². The fraction of sp³-hybridized carbons (Fsp3) is 0.647. The van der Waals surface area contributed by atoms with E-state index in [2.05, 4.69) is 37.1 Å². The summed E-state index contributed by atoms with van der Waals surface area (Å²) in [5.74, 6) is 0.760. The zero-order chi connectivity index (χ0) is 14.7. The minimum absolute atomic E-state index is 0.148. The Hall–Kier alpha value is -0.730. The van der Waals surface area contributed by atoms with Crippen LogP contribution in [0.3, 0.4) is 0 Å². The Morgan fingerprint density at radius 3 is 2.65 bits per heavy atom. The molecule has 3 heteroatoms. The number of nitrogens with zero attached hydrogens (tertiary/aromatic N) is 1. The predicted molar refractivity (Wildman–Crippen MR) is 88.6 cm³/mol. The third-order valence-corrected chi connectivity index (χ3v) is 4.90. The summed E-state index contributed by atoms with van der Waals surface area (Å²) < 4.78 is 0. The summed E-state index contributed by atoms with van der Waals surface area (Å²) in [7, 11) is 2.20. The van der Waals surface area contributed by atoms with Gasteiger partial charge in [-0.25, -0.2) is 0 Å². The summed E-state index contributed by atoms with van der Waals surface area (Å²) in [4.78, 5) is 2.41. The van der Waals surface area contributed by atoms with Gasteiger partial charge >= 0.3 is 0 Å². The smallest absolute Gasteiger partial charge is 0.0459 e. The summed E-state index contributed by atoms with van der Waals surface area (Å²) in [6.45, 7) is 4.38. The van der Waals surface area contributed by atoms with E-state index >= 15 is 0 Å². The van der Waals surface area contributed by atoms with E-state index in [0.717, 1.165) is 22.9 Å². The molecule has 3 unspecified atom stereocenters. The molecule has 1 saturated carbocycles. The molecule has 2 N–H and O–H groups in total. The molecule has 0 radical (unpaired) electrons. The highest BCUT2D eigenvalue weighted by atomic mass is 35.5. The summed E-state index contributed by atoms with van der Waals surface area (Å²) in [5, 5.41) is 0.843. The van der Waals surface area contributed by atoms with Gasteiger partial charge in [-0.3, -0.25) is 0 Å². The van der Waals surface area contributed by atoms with Gasteiger partial charge in [-0.15, -0.1) is 0 Å². The van der Waals surface area contributed by atoms with Crippen molar-refractivity contribution in [3.05, 3.63) is 28.8 Å². The summed E-state index contributed by atoms with van der Waals surface area (Å²) in [5.41, 5.74) is 8.23. The fourth-order valence-corrected chi connectivity index (χ4v) is 3.58. The normalized spacial score (nSPS) is 24.4. The summed E-state index contributed by atoms with van der Waals surface area (Å²) in [6, 6.07) is 7.20. The van der Waals surface area contributed by atoms with E-state index in [4.69, 9.17) is 17.3 Å². The van der Waals surface area contributed by atoms with Gasteiger partial charge in [0, 0.05) is 29.8 Å². The van der Waals surface area contributed by atoms with Gasteiger partial charge in [0.15, 0.2) is 0 Å². The van der Waals surface area contributed by atoms with Crippen molar-refractivity contribution in [2.45, 2.75) is 58.0 Å². The fourth-order valence-electron chi connectivity index (χ4n) is 3.33. The Kier molecular flexibility index (Phi) is 5.34. The van der Waals surface area contributed by atoms with Crippen molar-refractivity contribution >= 4 is 17.3 Å². The van der Waals surface area contributed by atoms with Crippen LogP contribution in [0, 0.1) is 5.92 Å². The Bertz CT molecular complexity index is 445. The SMILES string of the molecule is CC(N)Cc1ccc(N(C)C2CCCCC2C)cc1Cl. The number of hydrogen-bond acceptors (Lipinski definition) is 2. The van der Waals surface area contributed by atoms with Crippen molar-refractivity contribution in [2.24, 2.45) is 11.7 Å². The van der Waals surface area contributed by atoms with E-state index in [-0.39, 0.29) is 6.04 Å². The number of rotatable bonds is 4. The molecule has 1 aliphatic carbocycles. The lowest BCUT2D eigenvalue weighted by Crippen LogP contribution is -2.39. The van der Waals surface area contributed by atoms with Crippen LogP contribution in [0.15, 0.2) is 18.2 Å². The third-order valence-electron chi connectivity index (χ3n) is 4.55. The molecule has 20 heavy (non-hydrogen) atoms. The van der Waals surface area contributed by atoms with Crippen molar-refractivity contribution < 1.29 is 0 Å². The van der Waals surface area contributed by atoms with Crippen molar-refractivity contribution in [2.75, 3.05) is 11.9 Å². The van der Waals surface area contributed by atoms with E-state index in [1.165, 1.54) is 31.4 Å². The first-order valence-electron chi connectivity index (χ1n) is 7.76. The average Bonchev–Trinajstić information content (AvgIpc) is 2.40. The monoisotopic (exact) mass is 294 g/mol. The largest absolute Gasteiger partial charge is 0.371 e. The van der Waals surface area contributed by atoms with Gasteiger partial charge in [-0.2, -0.15) is 0 Å². The first kappa shape index (κ1) is 15.7. The maximum absolute atomic E-state index is 6.41. The molecule has 0 amide bonds. The third kappa shape index (κ3) is 3.67. The first-order chi connectivity index (χ1) is 9.49. The number of nitrogens with two attached hydrogens (primary N) is 1. The van der Waals surface area contributed by atoms with Gasteiger partial charge in [0.1, 0.15) is 0 Å². The van der Waals surface area contributed by atoms with Crippen LogP contribution >= 0.6 is 11.6 Å². The molecule has 112 valence electrons. The molecular weight excluding hydrogens is 268 g/mol. The van der Waals surface area contributed by atoms with Gasteiger partial charge in [0.2, 0.25) is 0 Å². The molecule has 2 rings (SSSR count). The van der Waals surface area contributed by atoms with E-state index in [0.29, 0.717) is 6.04 Å². The molecule has 1 aromatic rings. The summed E-state index contributed by atoms with van der Waals surface area (Å²) >= 11 is 6.41. The van der Waals surface area contributed by atoms with Crippen molar-refractivity contribution in [1.29, 1.82) is 0 Å². The zero-order valence-corrected chi connectivity index (χ0v) is 13.7. The Balaban J connectivity index is 2.14. The molecule has 1 aliphatic rings. The van der Waals surface area contributed by atoms with Gasteiger partial charge in [0.05, 0.1) is 0 Å². The highest BCUT2D eigenvalue weighted by Gasteiger charge is 2.25. The standard InChI is InChI=1S/C17H27ClN2/c1-12-6-4-5-7-17(12)20(3)15-9-8-14(10-13(2)19)16(18)11-15/h8-9,11-13,17H,4-7,10,19H2,1-3H3. The molecule has 0 bridgehead atoms. The van der Waals surface area contributed by atoms with Crippen LogP contribution in [0.2, 0.25) is 5.02 Å². The molecule has 3 atom stereocenters. The lowest BCUT2D eigenvalue weighted by Gasteiger charge is -2.38. The Labute approximate surface area is 128 Å². The summed E-state index contributed by atoms with van der Waals surface area (Å²) in [6.07, 6.45) is 6.18. The average molecular weight is 295 g/mol. The van der Waals surface area contributed by atoms with Crippen molar-refractivity contribution in [3.8, 4) is 0 Å². The molecule has 1 fully saturated rings. The number of halogens is 1. The Morgan fingerprint density at radius 1 is 1.35 bits per heavy atom. The van der Waals surface area contributed by atoms with E-state index in [1.54, 1.807) is 0 Å². The number of anilines is 1. The van der Waals surface area contributed by atoms with E-state index in [9.17, 15) is 0 Å². The maximum Gasteiger partial charge on any atom is 0.0459 e. The quantitative estimate of drug-likeness (QED) is 0.900. The van der Waals surface area contributed by atoms with Gasteiger partial charge in [0.25, 0.3) is 0 Å². The second-order valence-corrected chi connectivity index (χ2v) is 6.80. The van der Waals surface area contributed by atoms with Crippen LogP contribution in [-0.4, -0.2) is 19.1 Å². The highest BCUT2D eigenvalue weighted by Crippen LogP contribution is 2.32. The number of hydrogen-bond donors (Lipinski definition) is 1. The highest BCUT2D eigenvalue weighted by molar-refractivity contribution is 6.31. The van der Waals surface area contributed by atoms with Crippen molar-refractivity contribution in [3.63, 3.8) is 0 Å². The lowest BCUT2D eigenvalue weighted by atomic mass is 9.85. The topological polar surface area (TPSA) is 29.3 Å². The predicted octanol–water partition coefficient (Wildman–Crippen LogP) is 4.24. The lowest BCUT2D eigenvalue weighted by molar-refractivity contribution is 0.321. The van der Waals surface area contributed by atoms with E-state index < -0.39 is 0 Å². The Morgan fingerprint density at radius 2 is 2.05 bits per heavy atom. The van der Waals surface area contributed by atoms with Crippen LogP contribution < -0.4 is 10.6 Å². The first-order valence-corrected chi connectivity index (χ1v) is 8.13. The second kappa shape index (κ2) is 6.82. The molecular formula is C17H27ClN2. The van der Waals surface area contributed by atoms with E-state index in [1.807, 2.05) is 6.92 Å². The molecule has 0 aliphatic heterocycles. The second-order valence-electron chi connectivity index (χ2n) is 6.40. The molecule has 0 spiro atoms. The van der Waals surface area contributed by atoms with Crippen LogP contribution in [0.1, 0.15) is 45.1 Å². The van der Waals surface area contributed by atoms with Crippen LogP contribution in [0.4, 0.5) is 5.69 Å². The minimum atomic E-state index is 0.148. The zero-order valence-electron chi connectivity index (χ0n) is 12.9. The molecule has 1 aromatic carbocycles. The molecule has 0 saturated heterocycles.